The number of carbonyl (C=O) groups excluding carboxylic acids is 1. The molecule has 0 aromatic carbocycles. The third-order valence-electron chi connectivity index (χ3n) is 1.58. The molecule has 0 saturated carbocycles. The molecule has 0 atom stereocenters. The molecule has 1 rings (SSSR count). The Labute approximate surface area is 82.5 Å². The predicted molar refractivity (Wildman–Crippen MR) is 55.2 cm³/mol. The van der Waals surface area contributed by atoms with Crippen molar-refractivity contribution in [2.45, 2.75) is 13.3 Å². The molecule has 13 heavy (non-hydrogen) atoms. The van der Waals surface area contributed by atoms with E-state index in [2.05, 4.69) is 12.0 Å². The Bertz CT molecular complexity index is 283. The largest absolute Gasteiger partial charge is 0.291 e. The highest BCUT2D eigenvalue weighted by atomic mass is 32.2. The van der Waals surface area contributed by atoms with Crippen LogP contribution >= 0.6 is 11.8 Å². The van der Waals surface area contributed by atoms with E-state index in [0.717, 1.165) is 12.2 Å². The van der Waals surface area contributed by atoms with Crippen molar-refractivity contribution >= 4 is 17.5 Å². The van der Waals surface area contributed by atoms with Gasteiger partial charge in [-0.1, -0.05) is 6.92 Å². The van der Waals surface area contributed by atoms with Gasteiger partial charge in [-0.25, -0.2) is 0 Å². The van der Waals surface area contributed by atoms with E-state index in [1.54, 1.807) is 28.7 Å². The lowest BCUT2D eigenvalue weighted by Gasteiger charge is -1.95. The first-order valence-corrected chi connectivity index (χ1v) is 5.50. The number of hydrogen-bond donors (Lipinski definition) is 0. The van der Waals surface area contributed by atoms with E-state index < -0.39 is 0 Å². The van der Waals surface area contributed by atoms with Crippen molar-refractivity contribution in [2.75, 3.05) is 11.5 Å². The van der Waals surface area contributed by atoms with Crippen LogP contribution in [-0.2, 0) is 7.05 Å². The van der Waals surface area contributed by atoms with E-state index in [4.69, 9.17) is 0 Å². The fraction of sp³-hybridized carbons (Fsp3) is 0.556. The third-order valence-corrected chi connectivity index (χ3v) is 2.74. The molecule has 0 aliphatic carbocycles. The lowest BCUT2D eigenvalue weighted by Crippen LogP contribution is -2.04. The van der Waals surface area contributed by atoms with Crippen LogP contribution in [0.1, 0.15) is 23.8 Å². The first-order chi connectivity index (χ1) is 6.24. The SMILES string of the molecule is CCCSCC(=O)c1ccn(C)n1. The number of Topliss-reactive ketones (excluding diaryl/α,β-unsaturated/α-hetero) is 1. The van der Waals surface area contributed by atoms with Crippen LogP contribution in [0.2, 0.25) is 0 Å². The van der Waals surface area contributed by atoms with Crippen LogP contribution in [-0.4, -0.2) is 27.1 Å². The van der Waals surface area contributed by atoms with Crippen LogP contribution in [0.25, 0.3) is 0 Å². The monoisotopic (exact) mass is 198 g/mol. The summed E-state index contributed by atoms with van der Waals surface area (Å²) >= 11 is 1.67. The molecule has 0 fully saturated rings. The van der Waals surface area contributed by atoms with E-state index in [-0.39, 0.29) is 5.78 Å². The zero-order chi connectivity index (χ0) is 9.68. The van der Waals surface area contributed by atoms with Gasteiger partial charge in [0.25, 0.3) is 0 Å². The molecule has 1 aromatic heterocycles. The number of thioether (sulfide) groups is 1. The summed E-state index contributed by atoms with van der Waals surface area (Å²) in [6, 6.07) is 1.76. The highest BCUT2D eigenvalue weighted by Crippen LogP contribution is 2.06. The molecule has 0 radical (unpaired) electrons. The first-order valence-electron chi connectivity index (χ1n) is 4.34. The van der Waals surface area contributed by atoms with E-state index >= 15 is 0 Å². The minimum absolute atomic E-state index is 0.124. The number of aryl methyl sites for hydroxylation is 1. The topological polar surface area (TPSA) is 34.9 Å². The Morgan fingerprint density at radius 2 is 2.46 bits per heavy atom. The lowest BCUT2D eigenvalue weighted by atomic mass is 10.3. The molecule has 72 valence electrons. The van der Waals surface area contributed by atoms with Gasteiger partial charge in [0.1, 0.15) is 5.69 Å². The summed E-state index contributed by atoms with van der Waals surface area (Å²) in [4.78, 5) is 11.4. The molecule has 0 aliphatic rings. The summed E-state index contributed by atoms with van der Waals surface area (Å²) in [5.41, 5.74) is 0.575. The van der Waals surface area contributed by atoms with Crippen LogP contribution in [0.15, 0.2) is 12.3 Å². The highest BCUT2D eigenvalue weighted by Gasteiger charge is 2.07. The minimum atomic E-state index is 0.124. The molecule has 0 bridgehead atoms. The molecule has 0 spiro atoms. The fourth-order valence-electron chi connectivity index (χ4n) is 0.947. The summed E-state index contributed by atoms with van der Waals surface area (Å²) < 4.78 is 1.65. The van der Waals surface area contributed by atoms with Gasteiger partial charge in [0.05, 0.1) is 5.75 Å². The quantitative estimate of drug-likeness (QED) is 0.534. The van der Waals surface area contributed by atoms with Crippen molar-refractivity contribution < 1.29 is 4.79 Å². The first kappa shape index (κ1) is 10.3. The standard InChI is InChI=1S/C9H14N2OS/c1-3-6-13-7-9(12)8-4-5-11(2)10-8/h4-5H,3,6-7H2,1-2H3. The molecule has 0 aliphatic heterocycles. The zero-order valence-corrected chi connectivity index (χ0v) is 8.80. The smallest absolute Gasteiger partial charge is 0.192 e. The van der Waals surface area contributed by atoms with Crippen LogP contribution in [0.5, 0.6) is 0 Å². The van der Waals surface area contributed by atoms with Crippen molar-refractivity contribution in [2.24, 2.45) is 7.05 Å². The van der Waals surface area contributed by atoms with Gasteiger partial charge in [-0.05, 0) is 18.2 Å². The zero-order valence-electron chi connectivity index (χ0n) is 7.99. The Morgan fingerprint density at radius 3 is 3.00 bits per heavy atom. The van der Waals surface area contributed by atoms with Gasteiger partial charge in [-0.15, -0.1) is 0 Å². The Kier molecular flexibility index (Phi) is 4.02. The molecule has 4 heteroatoms. The number of hydrogen-bond acceptors (Lipinski definition) is 3. The summed E-state index contributed by atoms with van der Waals surface area (Å²) in [7, 11) is 1.82. The molecular weight excluding hydrogens is 184 g/mol. The van der Waals surface area contributed by atoms with Crippen molar-refractivity contribution in [3.05, 3.63) is 18.0 Å². The fourth-order valence-corrected chi connectivity index (χ4v) is 1.71. The van der Waals surface area contributed by atoms with Gasteiger partial charge in [-0.3, -0.25) is 9.48 Å². The van der Waals surface area contributed by atoms with Gasteiger partial charge >= 0.3 is 0 Å². The Hall–Kier alpha value is -0.770. The second-order valence-electron chi connectivity index (χ2n) is 2.85. The number of nitrogens with zero attached hydrogens (tertiary/aromatic N) is 2. The maximum absolute atomic E-state index is 11.4. The summed E-state index contributed by atoms with van der Waals surface area (Å²) in [5, 5.41) is 4.04. The molecule has 0 amide bonds. The summed E-state index contributed by atoms with van der Waals surface area (Å²) in [6.45, 7) is 2.11. The number of ketones is 1. The van der Waals surface area contributed by atoms with Crippen LogP contribution in [0.4, 0.5) is 0 Å². The lowest BCUT2D eigenvalue weighted by molar-refractivity contribution is 0.101. The Balaban J connectivity index is 2.40. The molecule has 1 aromatic rings. The summed E-state index contributed by atoms with van der Waals surface area (Å²) in [6.07, 6.45) is 2.90. The number of rotatable bonds is 5. The number of carbonyl (C=O) groups is 1. The van der Waals surface area contributed by atoms with Gasteiger partial charge in [0, 0.05) is 13.2 Å². The molecule has 1 heterocycles. The molecule has 0 saturated heterocycles. The van der Waals surface area contributed by atoms with E-state index in [1.807, 2.05) is 7.05 Å². The average molecular weight is 198 g/mol. The highest BCUT2D eigenvalue weighted by molar-refractivity contribution is 7.99. The van der Waals surface area contributed by atoms with Gasteiger partial charge in [0.2, 0.25) is 0 Å². The van der Waals surface area contributed by atoms with Gasteiger partial charge < -0.3 is 0 Å². The second-order valence-corrected chi connectivity index (χ2v) is 3.96. The molecule has 3 nitrogen and oxygen atoms in total. The van der Waals surface area contributed by atoms with Crippen LogP contribution < -0.4 is 0 Å². The third kappa shape index (κ3) is 3.22. The van der Waals surface area contributed by atoms with Crippen molar-refractivity contribution in [1.82, 2.24) is 9.78 Å². The number of aromatic nitrogens is 2. The van der Waals surface area contributed by atoms with Crippen LogP contribution in [0.3, 0.4) is 0 Å². The van der Waals surface area contributed by atoms with E-state index in [0.29, 0.717) is 11.4 Å². The van der Waals surface area contributed by atoms with E-state index in [1.165, 1.54) is 0 Å². The normalized spacial score (nSPS) is 10.3. The minimum Gasteiger partial charge on any atom is -0.291 e. The maximum atomic E-state index is 11.4. The van der Waals surface area contributed by atoms with Crippen molar-refractivity contribution in [1.29, 1.82) is 0 Å². The second kappa shape index (κ2) is 5.07. The predicted octanol–water partition coefficient (Wildman–Crippen LogP) is 1.75. The average Bonchev–Trinajstić information content (AvgIpc) is 2.52. The van der Waals surface area contributed by atoms with E-state index in [9.17, 15) is 4.79 Å². The molecular formula is C9H14N2OS. The van der Waals surface area contributed by atoms with Crippen LogP contribution in [0, 0.1) is 0 Å². The van der Waals surface area contributed by atoms with Crippen molar-refractivity contribution in [3.63, 3.8) is 0 Å². The van der Waals surface area contributed by atoms with Gasteiger partial charge in [-0.2, -0.15) is 16.9 Å². The maximum Gasteiger partial charge on any atom is 0.192 e. The molecule has 0 unspecified atom stereocenters. The molecule has 0 N–H and O–H groups in total. The van der Waals surface area contributed by atoms with Crippen molar-refractivity contribution in [3.8, 4) is 0 Å². The Morgan fingerprint density at radius 1 is 1.69 bits per heavy atom. The van der Waals surface area contributed by atoms with Gasteiger partial charge in [0.15, 0.2) is 5.78 Å². The summed E-state index contributed by atoms with van der Waals surface area (Å²) in [5.74, 6) is 1.71.